The highest BCUT2D eigenvalue weighted by Crippen LogP contribution is 2.71. The minimum atomic E-state index is -0.398. The Morgan fingerprint density at radius 3 is 1.62 bits per heavy atom. The topological polar surface area (TPSA) is 25.8 Å². The normalized spacial score (nSPS) is 24.3. The van der Waals surface area contributed by atoms with E-state index in [-0.39, 0.29) is 5.41 Å². The van der Waals surface area contributed by atoms with E-state index in [1.807, 2.05) is 6.07 Å². The first-order valence-corrected chi connectivity index (χ1v) is 21.4. The maximum absolute atomic E-state index is 4.74. The predicted octanol–water partition coefficient (Wildman–Crippen LogP) is 13.1. The van der Waals surface area contributed by atoms with Crippen molar-refractivity contribution >= 4 is 22.1 Å². The lowest BCUT2D eigenvalue weighted by atomic mass is 9.38. The van der Waals surface area contributed by atoms with Crippen molar-refractivity contribution in [3.05, 3.63) is 191 Å². The quantitative estimate of drug-likeness (QED) is 0.180. The summed E-state index contributed by atoms with van der Waals surface area (Å²) in [7, 11) is 0. The Bertz CT molecular complexity index is 2830. The fourth-order valence-corrected chi connectivity index (χ4v) is 14.1. The van der Waals surface area contributed by atoms with Gasteiger partial charge < -0.3 is 0 Å². The second-order valence-corrected chi connectivity index (χ2v) is 18.3. The summed E-state index contributed by atoms with van der Waals surface area (Å²) in [6.45, 7) is 0. The van der Waals surface area contributed by atoms with Gasteiger partial charge in [-0.3, -0.25) is 0 Å². The molecular formula is C53H40N2S. The molecule has 2 spiro atoms. The van der Waals surface area contributed by atoms with Crippen LogP contribution in [0.5, 0.6) is 0 Å². The van der Waals surface area contributed by atoms with E-state index < -0.39 is 5.41 Å². The molecule has 1 aromatic heterocycles. The third kappa shape index (κ3) is 3.97. The molecule has 268 valence electrons. The van der Waals surface area contributed by atoms with Gasteiger partial charge in [0.1, 0.15) is 10.0 Å². The molecule has 0 atom stereocenters. The fraction of sp³-hybridized carbons (Fsp3) is 0.208. The highest BCUT2D eigenvalue weighted by Gasteiger charge is 2.64. The number of fused-ring (bicyclic) bond motifs is 10. The summed E-state index contributed by atoms with van der Waals surface area (Å²) >= 11 is 1.67. The molecule has 6 aliphatic carbocycles. The van der Waals surface area contributed by atoms with Crippen molar-refractivity contribution in [1.82, 2.24) is 10.2 Å². The Morgan fingerprint density at radius 2 is 0.929 bits per heavy atom. The first-order valence-electron chi connectivity index (χ1n) is 20.6. The molecule has 14 rings (SSSR count). The Labute approximate surface area is 331 Å². The van der Waals surface area contributed by atoms with Crippen LogP contribution in [0.25, 0.3) is 54.2 Å². The second kappa shape index (κ2) is 11.5. The summed E-state index contributed by atoms with van der Waals surface area (Å²) in [5.74, 6) is 3.15. The minimum absolute atomic E-state index is 0.0375. The number of aromatic nitrogens is 2. The van der Waals surface area contributed by atoms with Crippen molar-refractivity contribution in [2.45, 2.75) is 42.9 Å². The van der Waals surface area contributed by atoms with Crippen LogP contribution in [0.4, 0.5) is 0 Å². The van der Waals surface area contributed by atoms with Gasteiger partial charge >= 0.3 is 0 Å². The lowest BCUT2D eigenvalue weighted by Gasteiger charge is -2.65. The molecule has 0 radical (unpaired) electrons. The van der Waals surface area contributed by atoms with Gasteiger partial charge in [-0.1, -0.05) is 163 Å². The second-order valence-electron chi connectivity index (χ2n) is 17.3. The van der Waals surface area contributed by atoms with Gasteiger partial charge in [-0.2, -0.15) is 0 Å². The Hall–Kier alpha value is -5.64. The third-order valence-electron chi connectivity index (χ3n) is 14.9. The van der Waals surface area contributed by atoms with E-state index in [4.69, 9.17) is 5.10 Å². The lowest BCUT2D eigenvalue weighted by molar-refractivity contribution is -0.0440. The molecule has 0 unspecified atom stereocenters. The zero-order valence-corrected chi connectivity index (χ0v) is 32.0. The van der Waals surface area contributed by atoms with Crippen LogP contribution in [-0.2, 0) is 10.8 Å². The van der Waals surface area contributed by atoms with E-state index in [1.54, 1.807) is 22.5 Å². The summed E-state index contributed by atoms with van der Waals surface area (Å²) in [6, 6.07) is 60.1. The molecule has 0 amide bonds. The zero-order valence-electron chi connectivity index (χ0n) is 31.2. The Balaban J connectivity index is 1.08. The van der Waals surface area contributed by atoms with Crippen LogP contribution in [0.3, 0.4) is 0 Å². The first kappa shape index (κ1) is 31.6. The molecule has 56 heavy (non-hydrogen) atoms. The third-order valence-corrected chi connectivity index (χ3v) is 15.9. The Morgan fingerprint density at radius 1 is 0.393 bits per heavy atom. The molecule has 0 saturated heterocycles. The van der Waals surface area contributed by atoms with E-state index in [0.717, 1.165) is 33.0 Å². The van der Waals surface area contributed by atoms with Gasteiger partial charge in [0.2, 0.25) is 0 Å². The van der Waals surface area contributed by atoms with Crippen molar-refractivity contribution < 1.29 is 0 Å². The van der Waals surface area contributed by atoms with Crippen LogP contribution in [0.15, 0.2) is 158 Å². The van der Waals surface area contributed by atoms with Crippen LogP contribution < -0.4 is 0 Å². The number of nitrogens with zero attached hydrogens (tertiary/aromatic N) is 2. The first-order chi connectivity index (χ1) is 27.7. The zero-order chi connectivity index (χ0) is 36.6. The van der Waals surface area contributed by atoms with E-state index in [2.05, 4.69) is 157 Å². The average Bonchev–Trinajstić information content (AvgIpc) is 3.86. The molecule has 4 fully saturated rings. The smallest absolute Gasteiger partial charge is 0.138 e. The highest BCUT2D eigenvalue weighted by atomic mass is 32.1. The van der Waals surface area contributed by atoms with E-state index in [0.29, 0.717) is 11.8 Å². The van der Waals surface area contributed by atoms with Crippen LogP contribution in [0, 0.1) is 23.7 Å². The van der Waals surface area contributed by atoms with Gasteiger partial charge in [0, 0.05) is 16.5 Å². The average molecular weight is 737 g/mol. The summed E-state index contributed by atoms with van der Waals surface area (Å²) in [5.41, 5.74) is 16.3. The van der Waals surface area contributed by atoms with Gasteiger partial charge in [-0.15, -0.1) is 10.2 Å². The van der Waals surface area contributed by atoms with Crippen LogP contribution in [0.1, 0.15) is 65.5 Å². The lowest BCUT2D eigenvalue weighted by Crippen LogP contribution is -2.59. The van der Waals surface area contributed by atoms with Crippen molar-refractivity contribution in [2.24, 2.45) is 23.7 Å². The van der Waals surface area contributed by atoms with Crippen molar-refractivity contribution in [2.75, 3.05) is 0 Å². The molecule has 0 aliphatic heterocycles. The predicted molar refractivity (Wildman–Crippen MR) is 229 cm³/mol. The highest BCUT2D eigenvalue weighted by molar-refractivity contribution is 7.18. The van der Waals surface area contributed by atoms with Gasteiger partial charge in [0.05, 0.1) is 5.41 Å². The molecular weight excluding hydrogens is 697 g/mol. The Kier molecular flexibility index (Phi) is 6.46. The van der Waals surface area contributed by atoms with E-state index in [1.165, 1.54) is 87.4 Å². The van der Waals surface area contributed by atoms with Gasteiger partial charge in [-0.25, -0.2) is 0 Å². The molecule has 1 heterocycles. The minimum Gasteiger partial charge on any atom is -0.138 e. The fourth-order valence-electron chi connectivity index (χ4n) is 13.2. The number of hydrogen-bond donors (Lipinski definition) is 0. The summed E-state index contributed by atoms with van der Waals surface area (Å²) < 4.78 is 0. The standard InChI is InChI=1S/C53H40N2S/c1-2-12-34(13-3-1)50-54-55-51(56-50)43-24-23-38(39-14-4-5-15-40(39)43)35-22-25-48-49(31-35)53(44-18-8-6-16-41(44)42-17-7-9-19-45(42)53)47-21-11-10-20-46(47)52(48)36-27-32-26-33(29-36)30-37(52)28-32/h1-25,31-33,36-37H,26-30H2. The van der Waals surface area contributed by atoms with Crippen molar-refractivity contribution in [3.8, 4) is 43.4 Å². The molecule has 2 nitrogen and oxygen atoms in total. The monoisotopic (exact) mass is 736 g/mol. The summed E-state index contributed by atoms with van der Waals surface area (Å²) in [6.07, 6.45) is 6.92. The van der Waals surface area contributed by atoms with Crippen LogP contribution in [0.2, 0.25) is 0 Å². The maximum Gasteiger partial charge on any atom is 0.148 e. The number of hydrogen-bond acceptors (Lipinski definition) is 3. The summed E-state index contributed by atoms with van der Waals surface area (Å²) in [5, 5.41) is 13.7. The largest absolute Gasteiger partial charge is 0.148 e. The van der Waals surface area contributed by atoms with Crippen LogP contribution in [-0.4, -0.2) is 10.2 Å². The SMILES string of the molecule is c1ccc(-c2nnc(-c3ccc(-c4ccc5c(c4)C4(c6ccccc6-c6ccccc64)c4ccccc4C54C5CC6CC(C5)CC4C6)c4ccccc34)s2)cc1. The van der Waals surface area contributed by atoms with Crippen LogP contribution >= 0.6 is 11.3 Å². The number of rotatable bonds is 3. The van der Waals surface area contributed by atoms with Gasteiger partial charge in [0.25, 0.3) is 0 Å². The molecule has 4 bridgehead atoms. The summed E-state index contributed by atoms with van der Waals surface area (Å²) in [4.78, 5) is 0. The van der Waals surface area contributed by atoms with Gasteiger partial charge in [0.15, 0.2) is 0 Å². The molecule has 3 heteroatoms. The molecule has 8 aromatic rings. The molecule has 6 aliphatic rings. The maximum atomic E-state index is 4.74. The van der Waals surface area contributed by atoms with E-state index in [9.17, 15) is 0 Å². The number of benzene rings is 7. The van der Waals surface area contributed by atoms with Crippen molar-refractivity contribution in [3.63, 3.8) is 0 Å². The van der Waals surface area contributed by atoms with Crippen molar-refractivity contribution in [1.29, 1.82) is 0 Å². The van der Waals surface area contributed by atoms with Gasteiger partial charge in [-0.05, 0) is 128 Å². The molecule has 4 saturated carbocycles. The molecule has 7 aromatic carbocycles. The van der Waals surface area contributed by atoms with E-state index >= 15 is 0 Å². The molecule has 0 N–H and O–H groups in total.